The van der Waals surface area contributed by atoms with Gasteiger partial charge in [0, 0.05) is 6.42 Å². The number of benzene rings is 1. The van der Waals surface area contributed by atoms with Gasteiger partial charge in [0.1, 0.15) is 36.3 Å². The fourth-order valence-corrected chi connectivity index (χ4v) is 6.39. The van der Waals surface area contributed by atoms with Crippen LogP contribution in [-0.4, -0.2) is 101 Å². The van der Waals surface area contributed by atoms with E-state index in [1.807, 2.05) is 13.8 Å². The Balaban J connectivity index is 3.43. The fourth-order valence-electron chi connectivity index (χ4n) is 6.39. The standard InChI is InChI=1S/C42H71N9O9/c1-23(2)18-28(44)36(53)46-29(16-12-13-17-43)37(54)48-31(21-27-14-10-9-11-15-27)39(56)47-30(19-24(3)4)38(55)49-32(22-34(45)52)40(57)51-35(26(7)8)41(58)50-33(42(59)60)20-25(5)6/h9-11,14-15,23-26,28-33,35H,12-13,16-22,43-44H2,1-8H3,(H2,45,52)(H,46,53)(H,47,56)(H,48,54)(H,49,55)(H,50,58)(H,51,57)(H,59,60)/t28-,29-,30-,31-,32-,33-,35-/m0/s1. The Morgan fingerprint density at radius 1 is 0.567 bits per heavy atom. The molecule has 0 saturated carbocycles. The van der Waals surface area contributed by atoms with Crippen LogP contribution in [0.3, 0.4) is 0 Å². The molecule has 0 aromatic heterocycles. The second-order valence-corrected chi connectivity index (χ2v) is 17.0. The van der Waals surface area contributed by atoms with Crippen LogP contribution in [0.2, 0.25) is 0 Å². The Kier molecular flexibility index (Phi) is 23.7. The number of carbonyl (C=O) groups excluding carboxylic acids is 7. The van der Waals surface area contributed by atoms with E-state index in [1.165, 1.54) is 0 Å². The fraction of sp³-hybridized carbons (Fsp3) is 0.667. The molecule has 18 heteroatoms. The van der Waals surface area contributed by atoms with Crippen molar-refractivity contribution in [2.24, 2.45) is 40.9 Å². The predicted octanol–water partition coefficient (Wildman–Crippen LogP) is 0.349. The third-order valence-electron chi connectivity index (χ3n) is 9.50. The maximum Gasteiger partial charge on any atom is 0.326 e. The highest BCUT2D eigenvalue weighted by molar-refractivity contribution is 5.98. The number of nitrogens with one attached hydrogen (secondary N) is 6. The molecule has 7 atom stereocenters. The van der Waals surface area contributed by atoms with Crippen molar-refractivity contribution < 1.29 is 43.5 Å². The summed E-state index contributed by atoms with van der Waals surface area (Å²) in [6.45, 7) is 14.7. The summed E-state index contributed by atoms with van der Waals surface area (Å²) in [4.78, 5) is 106. The first kappa shape index (κ1) is 52.9. The van der Waals surface area contributed by atoms with E-state index in [0.717, 1.165) is 0 Å². The highest BCUT2D eigenvalue weighted by Crippen LogP contribution is 2.12. The lowest BCUT2D eigenvalue weighted by atomic mass is 9.99. The van der Waals surface area contributed by atoms with Gasteiger partial charge in [-0.2, -0.15) is 0 Å². The van der Waals surface area contributed by atoms with Gasteiger partial charge in [0.05, 0.1) is 12.5 Å². The third-order valence-corrected chi connectivity index (χ3v) is 9.50. The van der Waals surface area contributed by atoms with Crippen molar-refractivity contribution in [2.45, 2.75) is 149 Å². The van der Waals surface area contributed by atoms with Crippen molar-refractivity contribution in [1.82, 2.24) is 31.9 Å². The number of carboxylic acid groups (broad SMARTS) is 1. The molecule has 338 valence electrons. The van der Waals surface area contributed by atoms with Crippen LogP contribution in [-0.2, 0) is 44.8 Å². The molecule has 1 aromatic rings. The summed E-state index contributed by atoms with van der Waals surface area (Å²) in [7, 11) is 0. The van der Waals surface area contributed by atoms with Crippen molar-refractivity contribution >= 4 is 47.3 Å². The van der Waals surface area contributed by atoms with E-state index in [-0.39, 0.29) is 43.4 Å². The number of amides is 7. The smallest absolute Gasteiger partial charge is 0.326 e. The van der Waals surface area contributed by atoms with E-state index in [2.05, 4.69) is 31.9 Å². The van der Waals surface area contributed by atoms with E-state index in [1.54, 1.807) is 71.9 Å². The quantitative estimate of drug-likeness (QED) is 0.0513. The summed E-state index contributed by atoms with van der Waals surface area (Å²) in [5.41, 5.74) is 18.0. The molecule has 1 rings (SSSR count). The zero-order valence-electron chi connectivity index (χ0n) is 36.5. The minimum atomic E-state index is -1.58. The Morgan fingerprint density at radius 3 is 1.55 bits per heavy atom. The van der Waals surface area contributed by atoms with Gasteiger partial charge in [0.15, 0.2) is 0 Å². The van der Waals surface area contributed by atoms with E-state index in [9.17, 15) is 43.5 Å². The molecule has 18 nitrogen and oxygen atoms in total. The maximum absolute atomic E-state index is 14.1. The van der Waals surface area contributed by atoms with E-state index in [4.69, 9.17) is 17.2 Å². The Morgan fingerprint density at radius 2 is 1.03 bits per heavy atom. The van der Waals surface area contributed by atoms with Gasteiger partial charge >= 0.3 is 5.97 Å². The number of hydrogen-bond donors (Lipinski definition) is 10. The normalized spacial score (nSPS) is 14.9. The van der Waals surface area contributed by atoms with Crippen LogP contribution in [0.15, 0.2) is 30.3 Å². The van der Waals surface area contributed by atoms with Gasteiger partial charge in [0.2, 0.25) is 41.4 Å². The van der Waals surface area contributed by atoms with Gasteiger partial charge in [-0.1, -0.05) is 85.7 Å². The number of carboxylic acids is 1. The number of carbonyl (C=O) groups is 8. The zero-order chi connectivity index (χ0) is 45.7. The number of primary amides is 1. The van der Waals surface area contributed by atoms with Crippen molar-refractivity contribution in [3.8, 4) is 0 Å². The molecule has 0 radical (unpaired) electrons. The van der Waals surface area contributed by atoms with E-state index >= 15 is 0 Å². The number of hydrogen-bond acceptors (Lipinski definition) is 10. The van der Waals surface area contributed by atoms with Gasteiger partial charge in [-0.3, -0.25) is 33.6 Å². The molecule has 0 fully saturated rings. The monoisotopic (exact) mass is 846 g/mol. The lowest BCUT2D eigenvalue weighted by Crippen LogP contribution is -2.61. The van der Waals surface area contributed by atoms with Crippen molar-refractivity contribution in [1.29, 1.82) is 0 Å². The molecule has 0 spiro atoms. The Hall–Kier alpha value is -5.10. The molecule has 13 N–H and O–H groups in total. The maximum atomic E-state index is 14.1. The Labute approximate surface area is 354 Å². The van der Waals surface area contributed by atoms with Crippen LogP contribution in [0.4, 0.5) is 0 Å². The molecule has 60 heavy (non-hydrogen) atoms. The predicted molar refractivity (Wildman–Crippen MR) is 227 cm³/mol. The minimum Gasteiger partial charge on any atom is -0.480 e. The second kappa shape index (κ2) is 26.9. The molecule has 1 aromatic carbocycles. The van der Waals surface area contributed by atoms with Gasteiger partial charge in [-0.15, -0.1) is 0 Å². The average Bonchev–Trinajstić information content (AvgIpc) is 3.14. The van der Waals surface area contributed by atoms with Crippen LogP contribution < -0.4 is 49.1 Å². The second-order valence-electron chi connectivity index (χ2n) is 17.0. The zero-order valence-corrected chi connectivity index (χ0v) is 36.5. The number of rotatable bonds is 28. The molecule has 0 aliphatic carbocycles. The SMILES string of the molecule is CC(C)C[C@H](NC(=O)[C@@H](NC(=O)[C@H](CC(N)=O)NC(=O)[C@H](CC(C)C)NC(=O)[C@H](Cc1ccccc1)NC(=O)[C@H](CCCCN)NC(=O)[C@@H](N)CC(C)C)C(C)C)C(=O)O. The van der Waals surface area contributed by atoms with Crippen LogP contribution in [0.1, 0.15) is 106 Å². The summed E-state index contributed by atoms with van der Waals surface area (Å²) >= 11 is 0. The molecule has 0 saturated heterocycles. The van der Waals surface area contributed by atoms with Crippen LogP contribution >= 0.6 is 0 Å². The summed E-state index contributed by atoms with van der Waals surface area (Å²) < 4.78 is 0. The number of aliphatic carboxylic acids is 1. The summed E-state index contributed by atoms with van der Waals surface area (Å²) in [6, 6.07) is 0.381. The van der Waals surface area contributed by atoms with Gasteiger partial charge in [-0.05, 0) is 74.3 Å². The van der Waals surface area contributed by atoms with Gasteiger partial charge in [0.25, 0.3) is 0 Å². The summed E-state index contributed by atoms with van der Waals surface area (Å²) in [6.07, 6.45) is 1.26. The first-order valence-corrected chi connectivity index (χ1v) is 20.9. The summed E-state index contributed by atoms with van der Waals surface area (Å²) in [5, 5.41) is 25.3. The molecule has 0 aliphatic heterocycles. The highest BCUT2D eigenvalue weighted by Gasteiger charge is 2.35. The molecule has 7 amide bonds. The first-order valence-electron chi connectivity index (χ1n) is 20.9. The minimum absolute atomic E-state index is 0.00995. The lowest BCUT2D eigenvalue weighted by Gasteiger charge is -2.29. The first-order chi connectivity index (χ1) is 28.0. The van der Waals surface area contributed by atoms with Crippen LogP contribution in [0.5, 0.6) is 0 Å². The van der Waals surface area contributed by atoms with Gasteiger partial charge in [-0.25, -0.2) is 4.79 Å². The average molecular weight is 846 g/mol. The lowest BCUT2D eigenvalue weighted by molar-refractivity contribution is -0.143. The van der Waals surface area contributed by atoms with Crippen LogP contribution in [0, 0.1) is 23.7 Å². The largest absolute Gasteiger partial charge is 0.480 e. The summed E-state index contributed by atoms with van der Waals surface area (Å²) in [5.74, 6) is -7.29. The van der Waals surface area contributed by atoms with Crippen LogP contribution in [0.25, 0.3) is 0 Å². The molecule has 0 aliphatic rings. The topological polar surface area (TPSA) is 307 Å². The molecular weight excluding hydrogens is 775 g/mol. The molecule has 0 bridgehead atoms. The van der Waals surface area contributed by atoms with Crippen molar-refractivity contribution in [2.75, 3.05) is 6.54 Å². The number of nitrogens with two attached hydrogens (primary N) is 3. The van der Waals surface area contributed by atoms with E-state index < -0.39 is 102 Å². The van der Waals surface area contributed by atoms with Crippen molar-refractivity contribution in [3.05, 3.63) is 35.9 Å². The highest BCUT2D eigenvalue weighted by atomic mass is 16.4. The number of unbranched alkanes of at least 4 members (excludes halogenated alkanes) is 1. The van der Waals surface area contributed by atoms with E-state index in [0.29, 0.717) is 31.4 Å². The molecule has 0 heterocycles. The molecular formula is C42H71N9O9. The van der Waals surface area contributed by atoms with Gasteiger partial charge < -0.3 is 54.2 Å². The Bertz CT molecular complexity index is 1570. The molecule has 0 unspecified atom stereocenters. The van der Waals surface area contributed by atoms with Crippen molar-refractivity contribution in [3.63, 3.8) is 0 Å². The third kappa shape index (κ3) is 20.2.